The molecule has 0 saturated carbocycles. The molecule has 67 heavy (non-hydrogen) atoms. The van der Waals surface area contributed by atoms with Gasteiger partial charge in [-0.25, -0.2) is 4.79 Å². The molecule has 0 aliphatic carbocycles. The van der Waals surface area contributed by atoms with E-state index in [9.17, 15) is 4.79 Å². The zero-order chi connectivity index (χ0) is 47.2. The summed E-state index contributed by atoms with van der Waals surface area (Å²) in [5.41, 5.74) is 3.18. The SMILES string of the molecule is COc1ccc(C(Nc2ccn([C@@H]3O[C@H](COC(c4ccccc4)(c4ccc(OC)cc4)c4ccc(OC)cc4)C[C@H]3O[Si](C)(C)C(C)(C)C)c(=O)n2)(c2ccccc2)c2ccccc2)cc1. The highest BCUT2D eigenvalue weighted by molar-refractivity contribution is 6.74. The molecular weight excluding hydrogens is 855 g/mol. The summed E-state index contributed by atoms with van der Waals surface area (Å²) < 4.78 is 39.7. The minimum Gasteiger partial charge on any atom is -0.497 e. The molecule has 1 N–H and O–H groups in total. The van der Waals surface area contributed by atoms with Crippen molar-refractivity contribution in [2.45, 2.75) is 74.9 Å². The van der Waals surface area contributed by atoms with Crippen molar-refractivity contribution >= 4 is 14.1 Å². The molecule has 2 heterocycles. The molecule has 0 bridgehead atoms. The van der Waals surface area contributed by atoms with E-state index in [2.05, 4.69) is 75.6 Å². The Morgan fingerprint density at radius 3 is 1.46 bits per heavy atom. The molecule has 1 aliphatic rings. The maximum Gasteiger partial charge on any atom is 0.351 e. The van der Waals surface area contributed by atoms with E-state index in [4.69, 9.17) is 33.1 Å². The Balaban J connectivity index is 1.17. The van der Waals surface area contributed by atoms with Gasteiger partial charge >= 0.3 is 5.69 Å². The van der Waals surface area contributed by atoms with E-state index < -0.39 is 43.6 Å². The highest BCUT2D eigenvalue weighted by Gasteiger charge is 2.47. The molecule has 10 nitrogen and oxygen atoms in total. The van der Waals surface area contributed by atoms with Gasteiger partial charge in [-0.15, -0.1) is 0 Å². The van der Waals surface area contributed by atoms with Gasteiger partial charge in [0.05, 0.1) is 40.1 Å². The van der Waals surface area contributed by atoms with E-state index in [-0.39, 0.29) is 11.6 Å². The van der Waals surface area contributed by atoms with Crippen molar-refractivity contribution in [1.29, 1.82) is 0 Å². The summed E-state index contributed by atoms with van der Waals surface area (Å²) >= 11 is 0. The van der Waals surface area contributed by atoms with E-state index in [1.807, 2.05) is 133 Å². The lowest BCUT2D eigenvalue weighted by molar-refractivity contribution is -0.0864. The minimum absolute atomic E-state index is 0.103. The third-order valence-electron chi connectivity index (χ3n) is 13.4. The van der Waals surface area contributed by atoms with E-state index >= 15 is 0 Å². The lowest BCUT2D eigenvalue weighted by atomic mass is 9.77. The molecule has 1 aliphatic heterocycles. The van der Waals surface area contributed by atoms with Crippen molar-refractivity contribution in [2.75, 3.05) is 33.3 Å². The van der Waals surface area contributed by atoms with Crippen LogP contribution in [0, 0.1) is 0 Å². The van der Waals surface area contributed by atoms with Crippen LogP contribution in [-0.2, 0) is 25.0 Å². The maximum atomic E-state index is 14.6. The molecule has 346 valence electrons. The van der Waals surface area contributed by atoms with Gasteiger partial charge in [0.15, 0.2) is 14.5 Å². The lowest BCUT2D eigenvalue weighted by Gasteiger charge is -2.39. The van der Waals surface area contributed by atoms with Gasteiger partial charge in [0.2, 0.25) is 0 Å². The first-order chi connectivity index (χ1) is 32.3. The second-order valence-corrected chi connectivity index (χ2v) is 23.2. The summed E-state index contributed by atoms with van der Waals surface area (Å²) in [5, 5.41) is 3.64. The first-order valence-corrected chi connectivity index (χ1v) is 25.7. The van der Waals surface area contributed by atoms with Crippen LogP contribution in [0.5, 0.6) is 17.2 Å². The maximum absolute atomic E-state index is 14.6. The molecule has 6 aromatic carbocycles. The van der Waals surface area contributed by atoms with Crippen LogP contribution in [0.4, 0.5) is 5.82 Å². The monoisotopic (exact) mass is 915 g/mol. The average Bonchev–Trinajstić information content (AvgIpc) is 3.75. The highest BCUT2D eigenvalue weighted by Crippen LogP contribution is 2.46. The molecule has 1 saturated heterocycles. The number of hydrogen-bond donors (Lipinski definition) is 1. The van der Waals surface area contributed by atoms with Gasteiger partial charge in [-0.1, -0.05) is 148 Å². The molecule has 1 fully saturated rings. The van der Waals surface area contributed by atoms with Gasteiger partial charge in [0, 0.05) is 12.6 Å². The molecule has 0 amide bonds. The molecule has 0 radical (unpaired) electrons. The summed E-state index contributed by atoms with van der Waals surface area (Å²) in [6.45, 7) is 11.3. The Morgan fingerprint density at radius 1 is 0.612 bits per heavy atom. The van der Waals surface area contributed by atoms with Crippen molar-refractivity contribution in [2.24, 2.45) is 0 Å². The molecule has 11 heteroatoms. The van der Waals surface area contributed by atoms with Gasteiger partial charge in [-0.05, 0) is 94.0 Å². The number of rotatable bonds is 17. The van der Waals surface area contributed by atoms with Crippen molar-refractivity contribution in [3.8, 4) is 17.2 Å². The topological polar surface area (TPSA) is 102 Å². The lowest BCUT2D eigenvalue weighted by Crippen LogP contribution is -2.46. The van der Waals surface area contributed by atoms with Crippen molar-refractivity contribution in [1.82, 2.24) is 9.55 Å². The first-order valence-electron chi connectivity index (χ1n) is 22.8. The van der Waals surface area contributed by atoms with Crippen LogP contribution >= 0.6 is 0 Å². The molecule has 8 rings (SSSR count). The summed E-state index contributed by atoms with van der Waals surface area (Å²) in [6, 6.07) is 56.3. The Hall–Kier alpha value is -6.50. The van der Waals surface area contributed by atoms with Crippen LogP contribution in [0.2, 0.25) is 18.1 Å². The third-order valence-corrected chi connectivity index (χ3v) is 17.9. The number of benzene rings is 6. The average molecular weight is 916 g/mol. The van der Waals surface area contributed by atoms with Crippen LogP contribution in [-0.4, -0.2) is 58.0 Å². The van der Waals surface area contributed by atoms with Crippen LogP contribution in [0.1, 0.15) is 66.8 Å². The number of anilines is 1. The fourth-order valence-corrected chi connectivity index (χ4v) is 10.1. The summed E-state index contributed by atoms with van der Waals surface area (Å²) in [5.74, 6) is 2.61. The number of aromatic nitrogens is 2. The Bertz CT molecular complexity index is 2660. The minimum atomic E-state index is -2.39. The highest BCUT2D eigenvalue weighted by atomic mass is 28.4. The van der Waals surface area contributed by atoms with Gasteiger partial charge in [0.1, 0.15) is 34.2 Å². The van der Waals surface area contributed by atoms with Crippen LogP contribution in [0.3, 0.4) is 0 Å². The predicted octanol–water partition coefficient (Wildman–Crippen LogP) is 11.4. The zero-order valence-electron chi connectivity index (χ0n) is 39.6. The van der Waals surface area contributed by atoms with E-state index in [1.54, 1.807) is 32.1 Å². The molecular formula is C56H61N3O7Si. The van der Waals surface area contributed by atoms with Crippen LogP contribution in [0.25, 0.3) is 0 Å². The Labute approximate surface area is 395 Å². The quantitative estimate of drug-likeness (QED) is 0.0707. The number of ether oxygens (including phenoxy) is 5. The summed E-state index contributed by atoms with van der Waals surface area (Å²) in [4.78, 5) is 19.4. The molecule has 3 atom stereocenters. The fraction of sp³-hybridized carbons (Fsp3) is 0.286. The smallest absolute Gasteiger partial charge is 0.351 e. The van der Waals surface area contributed by atoms with Crippen LogP contribution in [0.15, 0.2) is 181 Å². The number of nitrogens with one attached hydrogen (secondary N) is 1. The van der Waals surface area contributed by atoms with Gasteiger partial charge in [-0.3, -0.25) is 4.57 Å². The van der Waals surface area contributed by atoms with E-state index in [1.165, 1.54) is 0 Å². The van der Waals surface area contributed by atoms with Crippen molar-refractivity contribution < 1.29 is 28.1 Å². The molecule has 7 aromatic rings. The normalized spacial score (nSPS) is 16.6. The number of hydrogen-bond acceptors (Lipinski definition) is 9. The first kappa shape index (κ1) is 47.0. The Morgan fingerprint density at radius 2 is 1.03 bits per heavy atom. The fourth-order valence-electron chi connectivity index (χ4n) is 8.82. The zero-order valence-corrected chi connectivity index (χ0v) is 40.6. The van der Waals surface area contributed by atoms with Gasteiger partial charge in [-0.2, -0.15) is 4.98 Å². The standard InChI is InChI=1S/C56H61N3O7Si/c1-54(2,3)67(7,8)66-50-38-49(39-64-56(43-22-16-11-17-23-43,44-26-32-47(62-5)33-27-44)45-28-34-48(63-6)35-29-45)65-52(50)59-37-36-51(57-53(59)60)58-55(40-18-12-9-13-19-40,41-20-14-10-15-21-41)42-24-30-46(61-4)31-25-42/h9-37,49-50,52H,38-39H2,1-8H3,(H,57,58,60)/t49-,50+,52+/m0/s1. The largest absolute Gasteiger partial charge is 0.497 e. The van der Waals surface area contributed by atoms with Gasteiger partial charge < -0.3 is 33.4 Å². The van der Waals surface area contributed by atoms with Crippen molar-refractivity contribution in [3.05, 3.63) is 220 Å². The van der Waals surface area contributed by atoms with E-state index in [0.29, 0.717) is 12.2 Å². The summed E-state index contributed by atoms with van der Waals surface area (Å²) in [6.07, 6.45) is 0.559. The molecule has 0 unspecified atom stereocenters. The van der Waals surface area contributed by atoms with Crippen LogP contribution < -0.4 is 25.2 Å². The second kappa shape index (κ2) is 19.8. The van der Waals surface area contributed by atoms with Gasteiger partial charge in [0.25, 0.3) is 0 Å². The molecule has 1 aromatic heterocycles. The second-order valence-electron chi connectivity index (χ2n) is 18.5. The Kier molecular flexibility index (Phi) is 13.9. The number of methoxy groups -OCH3 is 3. The third kappa shape index (κ3) is 9.55. The van der Waals surface area contributed by atoms with Crippen molar-refractivity contribution in [3.63, 3.8) is 0 Å². The molecule has 0 spiro atoms. The summed E-state index contributed by atoms with van der Waals surface area (Å²) in [7, 11) is 2.58. The van der Waals surface area contributed by atoms with E-state index in [0.717, 1.165) is 50.6 Å². The number of nitrogens with zero attached hydrogens (tertiary/aromatic N) is 2. The predicted molar refractivity (Wildman–Crippen MR) is 267 cm³/mol.